The third-order valence-corrected chi connectivity index (χ3v) is 2.09. The molecular formula is C12H13N3O3. The van der Waals surface area contributed by atoms with Crippen LogP contribution < -0.4 is 11.5 Å². The molecule has 1 heterocycles. The Morgan fingerprint density at radius 2 is 1.83 bits per heavy atom. The third-order valence-electron chi connectivity index (χ3n) is 2.09. The van der Waals surface area contributed by atoms with Gasteiger partial charge in [0.15, 0.2) is 5.78 Å². The fourth-order valence-corrected chi connectivity index (χ4v) is 1.43. The maximum atomic E-state index is 11.3. The van der Waals surface area contributed by atoms with Crippen molar-refractivity contribution in [3.05, 3.63) is 42.1 Å². The van der Waals surface area contributed by atoms with Crippen LogP contribution in [0.5, 0.6) is 0 Å². The van der Waals surface area contributed by atoms with Gasteiger partial charge in [-0.1, -0.05) is 18.2 Å². The summed E-state index contributed by atoms with van der Waals surface area (Å²) in [7, 11) is 0. The fourth-order valence-electron chi connectivity index (χ4n) is 1.43. The second-order valence-corrected chi connectivity index (χ2v) is 3.36. The van der Waals surface area contributed by atoms with Gasteiger partial charge < -0.3 is 16.6 Å². The molecule has 0 aliphatic carbocycles. The second-order valence-electron chi connectivity index (χ2n) is 3.36. The van der Waals surface area contributed by atoms with Crippen molar-refractivity contribution in [1.82, 2.24) is 4.98 Å². The number of ketones is 1. The first-order valence-corrected chi connectivity index (χ1v) is 5.09. The molecule has 6 nitrogen and oxygen atoms in total. The number of carbonyl (C=O) groups excluding carboxylic acids is 2. The maximum absolute atomic E-state index is 11.3. The maximum Gasteiger partial charge on any atom is 0.309 e. The summed E-state index contributed by atoms with van der Waals surface area (Å²) >= 11 is 0. The summed E-state index contributed by atoms with van der Waals surface area (Å²) in [5.41, 5.74) is 9.80. The van der Waals surface area contributed by atoms with Gasteiger partial charge in [0.05, 0.1) is 5.52 Å². The van der Waals surface area contributed by atoms with Crippen LogP contribution in [0.1, 0.15) is 10.4 Å². The molecule has 2 rings (SSSR count). The van der Waals surface area contributed by atoms with Gasteiger partial charge in [-0.25, -0.2) is 4.79 Å². The molecule has 18 heavy (non-hydrogen) atoms. The average molecular weight is 247 g/mol. The van der Waals surface area contributed by atoms with E-state index >= 15 is 0 Å². The Labute approximate surface area is 103 Å². The Balaban J connectivity index is 0.000000357. The lowest BCUT2D eigenvalue weighted by Crippen LogP contribution is -2.18. The zero-order valence-corrected chi connectivity index (χ0v) is 9.54. The van der Waals surface area contributed by atoms with Crippen LogP contribution in [0.3, 0.4) is 0 Å². The summed E-state index contributed by atoms with van der Waals surface area (Å²) in [6.07, 6.45) is 1.68. The molecule has 2 aromatic rings. The SMILES string of the molecule is NC(N)=O.O=C(CO)c1cccc2ncccc12. The Kier molecular flexibility index (Phi) is 4.77. The minimum atomic E-state index is -0.833. The Bertz CT molecular complexity index is 560. The molecule has 1 aromatic carbocycles. The number of nitrogens with zero attached hydrogens (tertiary/aromatic N) is 1. The van der Waals surface area contributed by atoms with Crippen LogP contribution in [0.4, 0.5) is 4.79 Å². The normalized spacial score (nSPS) is 9.39. The molecule has 94 valence electrons. The number of fused-ring (bicyclic) bond motifs is 1. The first-order valence-electron chi connectivity index (χ1n) is 5.09. The van der Waals surface area contributed by atoms with E-state index in [-0.39, 0.29) is 5.78 Å². The van der Waals surface area contributed by atoms with Gasteiger partial charge in [0.1, 0.15) is 6.61 Å². The summed E-state index contributed by atoms with van der Waals surface area (Å²) in [6, 6.07) is 8.06. The molecule has 0 bridgehead atoms. The number of amides is 2. The van der Waals surface area contributed by atoms with Gasteiger partial charge in [0.2, 0.25) is 0 Å². The van der Waals surface area contributed by atoms with Gasteiger partial charge in [0.25, 0.3) is 0 Å². The molecule has 1 aromatic heterocycles. The molecule has 0 unspecified atom stereocenters. The quantitative estimate of drug-likeness (QED) is 0.666. The molecule has 0 fully saturated rings. The van der Waals surface area contributed by atoms with E-state index in [1.54, 1.807) is 24.4 Å². The molecular weight excluding hydrogens is 234 g/mol. The van der Waals surface area contributed by atoms with E-state index in [0.717, 1.165) is 10.9 Å². The molecule has 0 saturated carbocycles. The van der Waals surface area contributed by atoms with Crippen LogP contribution in [-0.4, -0.2) is 28.5 Å². The number of nitrogens with two attached hydrogens (primary N) is 2. The minimum absolute atomic E-state index is 0.274. The first-order chi connectivity index (χ1) is 8.56. The highest BCUT2D eigenvalue weighted by atomic mass is 16.3. The van der Waals surface area contributed by atoms with Crippen molar-refractivity contribution < 1.29 is 14.7 Å². The number of primary amides is 2. The number of urea groups is 1. The van der Waals surface area contributed by atoms with E-state index < -0.39 is 12.6 Å². The van der Waals surface area contributed by atoms with Gasteiger partial charge >= 0.3 is 6.03 Å². The molecule has 0 aliphatic rings. The lowest BCUT2D eigenvalue weighted by molar-refractivity contribution is 0.0905. The number of Topliss-reactive ketones (excluding diaryl/α,β-unsaturated/α-hetero) is 1. The first kappa shape index (κ1) is 13.6. The Morgan fingerprint density at radius 3 is 2.44 bits per heavy atom. The molecule has 0 spiro atoms. The Morgan fingerprint density at radius 1 is 1.17 bits per heavy atom. The van der Waals surface area contributed by atoms with Crippen LogP contribution in [0, 0.1) is 0 Å². The van der Waals surface area contributed by atoms with E-state index in [1.807, 2.05) is 12.1 Å². The van der Waals surface area contributed by atoms with Crippen molar-refractivity contribution in [3.63, 3.8) is 0 Å². The summed E-state index contributed by atoms with van der Waals surface area (Å²) in [5, 5.41) is 9.56. The zero-order valence-electron chi connectivity index (χ0n) is 9.54. The summed E-state index contributed by atoms with van der Waals surface area (Å²) in [4.78, 5) is 24.5. The molecule has 2 amide bonds. The second kappa shape index (κ2) is 6.31. The van der Waals surface area contributed by atoms with E-state index in [0.29, 0.717) is 5.56 Å². The molecule has 0 saturated heterocycles. The van der Waals surface area contributed by atoms with E-state index in [9.17, 15) is 4.79 Å². The number of benzene rings is 1. The standard InChI is InChI=1S/C11H9NO2.CH4N2O/c13-7-11(14)9-3-1-5-10-8(9)4-2-6-12-10;2-1(3)4/h1-6,13H,7H2;(H4,2,3,4). The zero-order chi connectivity index (χ0) is 13.5. The molecule has 0 radical (unpaired) electrons. The van der Waals surface area contributed by atoms with Crippen LogP contribution in [0.2, 0.25) is 0 Å². The number of hydrogen-bond donors (Lipinski definition) is 3. The predicted molar refractivity (Wildman–Crippen MR) is 66.9 cm³/mol. The molecule has 6 heteroatoms. The predicted octanol–water partition coefficient (Wildman–Crippen LogP) is 0.434. The Hall–Kier alpha value is -2.47. The number of hydrogen-bond acceptors (Lipinski definition) is 4. The number of aliphatic hydroxyl groups is 1. The van der Waals surface area contributed by atoms with Gasteiger partial charge in [-0.3, -0.25) is 9.78 Å². The van der Waals surface area contributed by atoms with Crippen LogP contribution in [-0.2, 0) is 0 Å². The van der Waals surface area contributed by atoms with Crippen LogP contribution in [0.15, 0.2) is 36.5 Å². The summed E-state index contributed by atoms with van der Waals surface area (Å²) in [6.45, 7) is -0.464. The van der Waals surface area contributed by atoms with Gasteiger partial charge in [0, 0.05) is 17.1 Å². The summed E-state index contributed by atoms with van der Waals surface area (Å²) < 4.78 is 0. The highest BCUT2D eigenvalue weighted by molar-refractivity contribution is 6.07. The van der Waals surface area contributed by atoms with E-state index in [4.69, 9.17) is 9.90 Å². The van der Waals surface area contributed by atoms with Crippen molar-refractivity contribution >= 4 is 22.7 Å². The number of carbonyl (C=O) groups is 2. The topological polar surface area (TPSA) is 119 Å². The van der Waals surface area contributed by atoms with Crippen molar-refractivity contribution in [2.75, 3.05) is 6.61 Å². The minimum Gasteiger partial charge on any atom is -0.388 e. The lowest BCUT2D eigenvalue weighted by atomic mass is 10.1. The lowest BCUT2D eigenvalue weighted by Gasteiger charge is -2.02. The highest BCUT2D eigenvalue weighted by Crippen LogP contribution is 2.16. The van der Waals surface area contributed by atoms with Crippen molar-refractivity contribution in [1.29, 1.82) is 0 Å². The highest BCUT2D eigenvalue weighted by Gasteiger charge is 2.07. The van der Waals surface area contributed by atoms with E-state index in [1.165, 1.54) is 0 Å². The third kappa shape index (κ3) is 3.53. The van der Waals surface area contributed by atoms with Crippen molar-refractivity contribution in [2.24, 2.45) is 11.5 Å². The van der Waals surface area contributed by atoms with Gasteiger partial charge in [-0.2, -0.15) is 0 Å². The number of aliphatic hydroxyl groups excluding tert-OH is 1. The molecule has 0 atom stereocenters. The number of pyridine rings is 1. The van der Waals surface area contributed by atoms with Gasteiger partial charge in [-0.15, -0.1) is 0 Å². The molecule has 5 N–H and O–H groups in total. The van der Waals surface area contributed by atoms with Crippen molar-refractivity contribution in [3.8, 4) is 0 Å². The van der Waals surface area contributed by atoms with Crippen LogP contribution >= 0.6 is 0 Å². The fraction of sp³-hybridized carbons (Fsp3) is 0.0833. The number of rotatable bonds is 2. The largest absolute Gasteiger partial charge is 0.388 e. The van der Waals surface area contributed by atoms with Crippen LogP contribution in [0.25, 0.3) is 10.9 Å². The van der Waals surface area contributed by atoms with Gasteiger partial charge in [-0.05, 0) is 12.1 Å². The smallest absolute Gasteiger partial charge is 0.309 e. The van der Waals surface area contributed by atoms with E-state index in [2.05, 4.69) is 16.5 Å². The number of aromatic nitrogens is 1. The summed E-state index contributed by atoms with van der Waals surface area (Å²) in [5.74, 6) is -0.274. The van der Waals surface area contributed by atoms with Crippen molar-refractivity contribution in [2.45, 2.75) is 0 Å². The molecule has 0 aliphatic heterocycles. The monoisotopic (exact) mass is 247 g/mol. The average Bonchev–Trinajstić information content (AvgIpc) is 2.36.